The van der Waals surface area contributed by atoms with Crippen molar-refractivity contribution in [3.63, 3.8) is 0 Å². The second-order valence-electron chi connectivity index (χ2n) is 13.3. The number of primary amides is 1. The zero-order valence-electron chi connectivity index (χ0n) is 25.3. The maximum absolute atomic E-state index is 13.9. The van der Waals surface area contributed by atoms with E-state index in [9.17, 15) is 18.0 Å². The van der Waals surface area contributed by atoms with Gasteiger partial charge in [-0.25, -0.2) is 4.79 Å². The molecule has 1 fully saturated rings. The lowest BCUT2D eigenvalue weighted by Gasteiger charge is -2.47. The fourth-order valence-electron chi connectivity index (χ4n) is 5.35. The molecule has 0 aliphatic carbocycles. The van der Waals surface area contributed by atoms with Crippen molar-refractivity contribution in [1.82, 2.24) is 0 Å². The summed E-state index contributed by atoms with van der Waals surface area (Å²) in [6, 6.07) is 4.90. The molecule has 0 aromatic heterocycles. The van der Waals surface area contributed by atoms with E-state index in [4.69, 9.17) is 19.8 Å². The lowest BCUT2D eigenvalue weighted by Crippen LogP contribution is -2.58. The van der Waals surface area contributed by atoms with Crippen molar-refractivity contribution < 1.29 is 32.0 Å². The molecule has 1 aromatic rings. The van der Waals surface area contributed by atoms with E-state index < -0.39 is 53.0 Å². The molecule has 1 amide bonds. The molecule has 5 nitrogen and oxygen atoms in total. The van der Waals surface area contributed by atoms with Crippen molar-refractivity contribution in [2.24, 2.45) is 23.0 Å². The number of amides is 1. The summed E-state index contributed by atoms with van der Waals surface area (Å²) in [7, 11) is -1.19. The highest BCUT2D eigenvalue weighted by molar-refractivity contribution is 6.49. The predicted molar refractivity (Wildman–Crippen MR) is 150 cm³/mol. The van der Waals surface area contributed by atoms with Crippen LogP contribution < -0.4 is 5.73 Å². The number of hydrogen-bond donors (Lipinski definition) is 1. The van der Waals surface area contributed by atoms with E-state index in [0.29, 0.717) is 12.3 Å². The third-order valence-corrected chi connectivity index (χ3v) is 8.24. The Balaban J connectivity index is 2.75. The van der Waals surface area contributed by atoms with Gasteiger partial charge < -0.3 is 19.8 Å². The minimum Gasteiger partial charge on any atom is -0.440 e. The third kappa shape index (κ3) is 7.81. The number of carbonyl (C=O) groups is 1. The first-order valence-electron chi connectivity index (χ1n) is 13.8. The van der Waals surface area contributed by atoms with Crippen LogP contribution in [0.4, 0.5) is 18.0 Å². The third-order valence-electron chi connectivity index (χ3n) is 8.24. The Morgan fingerprint density at radius 3 is 2.03 bits per heavy atom. The second kappa shape index (κ2) is 11.9. The zero-order chi connectivity index (χ0) is 30.0. The van der Waals surface area contributed by atoms with Gasteiger partial charge in [-0.2, -0.15) is 13.2 Å². The van der Waals surface area contributed by atoms with Crippen LogP contribution in [0.2, 0.25) is 0 Å². The number of carbonyl (C=O) groups excluding carboxylic acids is 1. The number of halogens is 3. The number of nitrogens with two attached hydrogens (primary N) is 1. The molecular weight excluding hydrogens is 506 g/mol. The molecule has 9 heteroatoms. The SMILES string of the molecule is CC(C)=CCCC(C)CCC(C(C)(C)C)C(OC(N)=O)(B1OC(C)(C)C(C)(C)O1)c1cccc(C(F)(F)F)c1. The first-order chi connectivity index (χ1) is 17.6. The molecule has 1 aliphatic heterocycles. The highest BCUT2D eigenvalue weighted by atomic mass is 19.4. The summed E-state index contributed by atoms with van der Waals surface area (Å²) in [5.74, 6) is -0.168. The molecular formula is C30H47BF3NO4. The number of rotatable bonds is 10. The minimum atomic E-state index is -4.60. The molecule has 220 valence electrons. The highest BCUT2D eigenvalue weighted by Crippen LogP contribution is 2.53. The molecule has 39 heavy (non-hydrogen) atoms. The van der Waals surface area contributed by atoms with Gasteiger partial charge in [0.25, 0.3) is 0 Å². The molecule has 0 saturated carbocycles. The van der Waals surface area contributed by atoms with Gasteiger partial charge in [-0.15, -0.1) is 0 Å². The van der Waals surface area contributed by atoms with Crippen molar-refractivity contribution >= 4 is 13.2 Å². The Morgan fingerprint density at radius 2 is 1.56 bits per heavy atom. The number of allylic oxidation sites excluding steroid dienone is 2. The number of hydrogen-bond acceptors (Lipinski definition) is 4. The second-order valence-corrected chi connectivity index (χ2v) is 13.3. The topological polar surface area (TPSA) is 70.8 Å². The highest BCUT2D eigenvalue weighted by Gasteiger charge is 2.66. The molecule has 1 aliphatic rings. The van der Waals surface area contributed by atoms with Gasteiger partial charge in [0.1, 0.15) is 0 Å². The molecule has 2 N–H and O–H groups in total. The summed E-state index contributed by atoms with van der Waals surface area (Å²) in [4.78, 5) is 12.6. The summed E-state index contributed by atoms with van der Waals surface area (Å²) in [5, 5.41) is 0. The van der Waals surface area contributed by atoms with Crippen molar-refractivity contribution in [2.45, 2.75) is 118 Å². The number of benzene rings is 1. The van der Waals surface area contributed by atoms with E-state index in [2.05, 4.69) is 26.8 Å². The Labute approximate surface area is 233 Å². The van der Waals surface area contributed by atoms with Crippen LogP contribution in [0.25, 0.3) is 0 Å². The normalized spacial score (nSPS) is 20.2. The number of ether oxygens (including phenoxy) is 1. The molecule has 0 radical (unpaired) electrons. The van der Waals surface area contributed by atoms with Crippen LogP contribution in [0.5, 0.6) is 0 Å². The van der Waals surface area contributed by atoms with Gasteiger partial charge in [0.2, 0.25) is 0 Å². The van der Waals surface area contributed by atoms with Crippen LogP contribution in [0.1, 0.15) is 106 Å². The fraction of sp³-hybridized carbons (Fsp3) is 0.700. The molecule has 3 atom stereocenters. The molecule has 1 saturated heterocycles. The molecule has 0 bridgehead atoms. The van der Waals surface area contributed by atoms with Gasteiger partial charge in [0, 0.05) is 5.92 Å². The fourth-order valence-corrected chi connectivity index (χ4v) is 5.35. The van der Waals surface area contributed by atoms with E-state index in [1.165, 1.54) is 11.6 Å². The van der Waals surface area contributed by atoms with Gasteiger partial charge in [0.15, 0.2) is 5.50 Å². The summed E-state index contributed by atoms with van der Waals surface area (Å²) in [6.07, 6.45) is -0.281. The lowest BCUT2D eigenvalue weighted by molar-refractivity contribution is -0.137. The van der Waals surface area contributed by atoms with Crippen LogP contribution in [0.15, 0.2) is 35.9 Å². The predicted octanol–water partition coefficient (Wildman–Crippen LogP) is 8.45. The van der Waals surface area contributed by atoms with Crippen LogP contribution in [-0.2, 0) is 25.7 Å². The summed E-state index contributed by atoms with van der Waals surface area (Å²) < 4.78 is 60.6. The summed E-state index contributed by atoms with van der Waals surface area (Å²) in [6.45, 7) is 19.7. The van der Waals surface area contributed by atoms with E-state index in [-0.39, 0.29) is 5.56 Å². The summed E-state index contributed by atoms with van der Waals surface area (Å²) >= 11 is 0. The molecule has 1 heterocycles. The number of alkyl halides is 3. The zero-order valence-corrected chi connectivity index (χ0v) is 25.3. The lowest BCUT2D eigenvalue weighted by atomic mass is 9.50. The maximum Gasteiger partial charge on any atom is 0.510 e. The van der Waals surface area contributed by atoms with E-state index in [0.717, 1.165) is 31.4 Å². The standard InChI is InChI=1S/C30H47BF3NO4/c1-20(2)13-11-14-21(3)17-18-24(26(4,5)6)29(37-25(35)36,31-38-27(7,8)28(9,10)39-31)22-15-12-16-23(19-22)30(32,33)34/h12-13,15-16,19,21,24H,11,14,17-18H2,1-10H3,(H2,35,36). The smallest absolute Gasteiger partial charge is 0.440 e. The van der Waals surface area contributed by atoms with Gasteiger partial charge >= 0.3 is 19.4 Å². The molecule has 0 spiro atoms. The average Bonchev–Trinajstić information content (AvgIpc) is 2.98. The van der Waals surface area contributed by atoms with Gasteiger partial charge in [-0.3, -0.25) is 0 Å². The molecule has 3 unspecified atom stereocenters. The van der Waals surface area contributed by atoms with Crippen molar-refractivity contribution in [3.05, 3.63) is 47.0 Å². The first kappa shape index (κ1) is 33.2. The van der Waals surface area contributed by atoms with E-state index in [1.54, 1.807) is 6.07 Å². The minimum absolute atomic E-state index is 0.145. The Morgan fingerprint density at radius 1 is 1.03 bits per heavy atom. The van der Waals surface area contributed by atoms with Gasteiger partial charge in [-0.05, 0) is 89.8 Å². The maximum atomic E-state index is 13.9. The summed E-state index contributed by atoms with van der Waals surface area (Å²) in [5.41, 5.74) is 2.30. The molecule has 1 aromatic carbocycles. The Bertz CT molecular complexity index is 1010. The van der Waals surface area contributed by atoms with Gasteiger partial charge in [-0.1, -0.05) is 57.9 Å². The van der Waals surface area contributed by atoms with Crippen LogP contribution >= 0.6 is 0 Å². The largest absolute Gasteiger partial charge is 0.510 e. The van der Waals surface area contributed by atoms with E-state index >= 15 is 0 Å². The Hall–Kier alpha value is -2.00. The van der Waals surface area contributed by atoms with Gasteiger partial charge in [0.05, 0.1) is 16.8 Å². The van der Waals surface area contributed by atoms with Crippen molar-refractivity contribution in [2.75, 3.05) is 0 Å². The molecule has 2 rings (SSSR count). The van der Waals surface area contributed by atoms with E-state index in [1.807, 2.05) is 48.5 Å². The monoisotopic (exact) mass is 553 g/mol. The average molecular weight is 554 g/mol. The van der Waals surface area contributed by atoms with Crippen molar-refractivity contribution in [3.8, 4) is 0 Å². The van der Waals surface area contributed by atoms with Crippen LogP contribution in [0, 0.1) is 17.3 Å². The van der Waals surface area contributed by atoms with Crippen molar-refractivity contribution in [1.29, 1.82) is 0 Å². The Kier molecular flexibility index (Phi) is 10.1. The van der Waals surface area contributed by atoms with Crippen LogP contribution in [0.3, 0.4) is 0 Å². The van der Waals surface area contributed by atoms with Crippen LogP contribution in [-0.4, -0.2) is 24.4 Å². The quantitative estimate of drug-likeness (QED) is 0.233. The first-order valence-corrected chi connectivity index (χ1v) is 13.8.